The molecule has 0 aliphatic rings. The van der Waals surface area contributed by atoms with Gasteiger partial charge in [-0.25, -0.2) is 4.79 Å². The SMILES string of the molecule is [CH2]C(COC(=O)/C=C/c1ccc(C(F)(F)Oc2ccc(CCC(F)(F)F)cc2)cc1)(Cc1ccc(N)cc1)Cc1ccc(N)cc1. The van der Waals surface area contributed by atoms with E-state index < -0.39 is 35.7 Å². The van der Waals surface area contributed by atoms with Crippen molar-refractivity contribution in [3.05, 3.63) is 138 Å². The lowest BCUT2D eigenvalue weighted by Crippen LogP contribution is -2.30. The summed E-state index contributed by atoms with van der Waals surface area (Å²) >= 11 is 0. The van der Waals surface area contributed by atoms with Gasteiger partial charge < -0.3 is 20.9 Å². The van der Waals surface area contributed by atoms with E-state index in [-0.39, 0.29) is 18.8 Å². The zero-order chi connectivity index (χ0) is 33.4. The van der Waals surface area contributed by atoms with Crippen LogP contribution in [0.4, 0.5) is 33.3 Å². The Balaban J connectivity index is 1.35. The molecule has 0 heterocycles. The number of hydrogen-bond donors (Lipinski definition) is 2. The van der Waals surface area contributed by atoms with Gasteiger partial charge in [0.2, 0.25) is 0 Å². The monoisotopic (exact) mass is 637 g/mol. The first-order valence-electron chi connectivity index (χ1n) is 14.4. The Labute approximate surface area is 264 Å². The van der Waals surface area contributed by atoms with Gasteiger partial charge in [0.25, 0.3) is 0 Å². The van der Waals surface area contributed by atoms with Crippen molar-refractivity contribution in [1.82, 2.24) is 0 Å². The molecule has 0 amide bonds. The molecule has 241 valence electrons. The number of benzene rings is 4. The molecule has 0 fully saturated rings. The molecule has 4 rings (SSSR count). The third-order valence-electron chi connectivity index (χ3n) is 7.16. The molecule has 0 aromatic heterocycles. The zero-order valence-corrected chi connectivity index (χ0v) is 24.9. The van der Waals surface area contributed by atoms with Crippen LogP contribution in [0, 0.1) is 12.3 Å². The number of anilines is 2. The van der Waals surface area contributed by atoms with Crippen molar-refractivity contribution in [3.63, 3.8) is 0 Å². The van der Waals surface area contributed by atoms with Gasteiger partial charge in [-0.15, -0.1) is 0 Å². The third kappa shape index (κ3) is 10.6. The predicted octanol–water partition coefficient (Wildman–Crippen LogP) is 8.34. The lowest BCUT2D eigenvalue weighted by atomic mass is 9.79. The molecule has 0 spiro atoms. The third-order valence-corrected chi connectivity index (χ3v) is 7.16. The average molecular weight is 638 g/mol. The standard InChI is InChI=1S/C36H34F5N2O3/c1-34(22-27-4-13-30(42)14-5-27,23-28-6-15-31(43)16-7-28)24-45-33(44)19-10-25-2-11-29(12-3-25)36(40,41)46-32-17-8-26(9-18-32)20-21-35(37,38)39/h2-19H,1,20-24,42-43H2/b19-10+. The summed E-state index contributed by atoms with van der Waals surface area (Å²) in [6.07, 6.45) is -5.61. The molecule has 5 nitrogen and oxygen atoms in total. The van der Waals surface area contributed by atoms with Crippen LogP contribution >= 0.6 is 0 Å². The lowest BCUT2D eigenvalue weighted by Gasteiger charge is -2.29. The Kier molecular flexibility index (Phi) is 10.7. The number of nitrogen functional groups attached to an aromatic ring is 2. The van der Waals surface area contributed by atoms with Crippen LogP contribution in [0.15, 0.2) is 103 Å². The van der Waals surface area contributed by atoms with Gasteiger partial charge in [0.15, 0.2) is 0 Å². The van der Waals surface area contributed by atoms with Crippen LogP contribution in [0.1, 0.15) is 34.2 Å². The molecule has 4 N–H and O–H groups in total. The molecule has 0 aliphatic heterocycles. The maximum Gasteiger partial charge on any atom is 0.426 e. The van der Waals surface area contributed by atoms with Crippen molar-refractivity contribution in [2.75, 3.05) is 18.1 Å². The number of alkyl halides is 5. The van der Waals surface area contributed by atoms with Crippen LogP contribution in [-0.4, -0.2) is 18.8 Å². The van der Waals surface area contributed by atoms with E-state index in [4.69, 9.17) is 20.9 Å². The van der Waals surface area contributed by atoms with Gasteiger partial charge in [0, 0.05) is 29.3 Å². The summed E-state index contributed by atoms with van der Waals surface area (Å²) in [6, 6.07) is 24.9. The number of halogens is 5. The molecule has 0 unspecified atom stereocenters. The number of carbonyl (C=O) groups excluding carboxylic acids is 1. The van der Waals surface area contributed by atoms with E-state index in [2.05, 4.69) is 6.92 Å². The summed E-state index contributed by atoms with van der Waals surface area (Å²) < 4.78 is 77.2. The van der Waals surface area contributed by atoms with Gasteiger partial charge in [0.1, 0.15) is 5.75 Å². The lowest BCUT2D eigenvalue weighted by molar-refractivity contribution is -0.185. The molecule has 0 saturated carbocycles. The highest BCUT2D eigenvalue weighted by Gasteiger charge is 2.34. The molecular weight excluding hydrogens is 603 g/mol. The smallest absolute Gasteiger partial charge is 0.426 e. The molecule has 0 atom stereocenters. The van der Waals surface area contributed by atoms with Crippen molar-refractivity contribution < 1.29 is 36.2 Å². The number of aryl methyl sites for hydroxylation is 1. The van der Waals surface area contributed by atoms with Gasteiger partial charge in [-0.3, -0.25) is 0 Å². The molecule has 10 heteroatoms. The molecule has 0 bridgehead atoms. The van der Waals surface area contributed by atoms with Crippen LogP contribution in [-0.2, 0) is 34.9 Å². The normalized spacial score (nSPS) is 12.3. The Morgan fingerprint density at radius 3 is 1.72 bits per heavy atom. The van der Waals surface area contributed by atoms with Gasteiger partial charge in [-0.2, -0.15) is 22.0 Å². The maximum absolute atomic E-state index is 14.8. The van der Waals surface area contributed by atoms with E-state index in [9.17, 15) is 26.7 Å². The Hall–Kier alpha value is -4.86. The van der Waals surface area contributed by atoms with E-state index in [1.165, 1.54) is 48.6 Å². The van der Waals surface area contributed by atoms with E-state index in [1.807, 2.05) is 24.3 Å². The van der Waals surface area contributed by atoms with E-state index >= 15 is 0 Å². The molecule has 4 aromatic rings. The van der Waals surface area contributed by atoms with Gasteiger partial charge in [-0.05, 0) is 103 Å². The van der Waals surface area contributed by atoms with Gasteiger partial charge >= 0.3 is 18.3 Å². The molecule has 0 saturated heterocycles. The summed E-state index contributed by atoms with van der Waals surface area (Å²) in [7, 11) is 0. The highest BCUT2D eigenvalue weighted by Crippen LogP contribution is 2.33. The first-order valence-corrected chi connectivity index (χ1v) is 14.4. The van der Waals surface area contributed by atoms with E-state index in [0.717, 1.165) is 23.3 Å². The van der Waals surface area contributed by atoms with Crippen LogP contribution in [0.5, 0.6) is 5.75 Å². The molecule has 4 aromatic carbocycles. The van der Waals surface area contributed by atoms with E-state index in [0.29, 0.717) is 35.3 Å². The number of nitrogens with two attached hydrogens (primary N) is 2. The fourth-order valence-electron chi connectivity index (χ4n) is 4.74. The van der Waals surface area contributed by atoms with Crippen molar-refractivity contribution >= 4 is 23.4 Å². The van der Waals surface area contributed by atoms with Crippen LogP contribution in [0.25, 0.3) is 6.08 Å². The summed E-state index contributed by atoms with van der Waals surface area (Å²) in [5.74, 6) is -0.819. The number of hydrogen-bond acceptors (Lipinski definition) is 5. The number of ether oxygens (including phenoxy) is 2. The summed E-state index contributed by atoms with van der Waals surface area (Å²) in [5, 5.41) is 0. The Morgan fingerprint density at radius 1 is 0.717 bits per heavy atom. The minimum Gasteiger partial charge on any atom is -0.462 e. The minimum atomic E-state index is -4.31. The Bertz CT molecular complexity index is 1550. The minimum absolute atomic E-state index is 0.0106. The molecular formula is C36H34F5N2O3. The van der Waals surface area contributed by atoms with Crippen LogP contribution in [0.2, 0.25) is 0 Å². The van der Waals surface area contributed by atoms with Crippen molar-refractivity contribution in [2.45, 2.75) is 38.0 Å². The highest BCUT2D eigenvalue weighted by molar-refractivity contribution is 5.87. The summed E-state index contributed by atoms with van der Waals surface area (Å²) in [4.78, 5) is 12.6. The average Bonchev–Trinajstić information content (AvgIpc) is 3.01. The number of rotatable bonds is 13. The van der Waals surface area contributed by atoms with Crippen molar-refractivity contribution in [3.8, 4) is 5.75 Å². The Morgan fingerprint density at radius 2 is 1.22 bits per heavy atom. The second-order valence-electron chi connectivity index (χ2n) is 11.3. The first kappa shape index (κ1) is 34.0. The maximum atomic E-state index is 14.8. The summed E-state index contributed by atoms with van der Waals surface area (Å²) in [5.41, 5.74) is 14.5. The molecule has 1 radical (unpaired) electrons. The highest BCUT2D eigenvalue weighted by atomic mass is 19.4. The quantitative estimate of drug-likeness (QED) is 0.0666. The number of carbonyl (C=O) groups is 1. The predicted molar refractivity (Wildman–Crippen MR) is 169 cm³/mol. The van der Waals surface area contributed by atoms with Crippen molar-refractivity contribution in [2.24, 2.45) is 5.41 Å². The fourth-order valence-corrected chi connectivity index (χ4v) is 4.74. The first-order chi connectivity index (χ1) is 21.7. The largest absolute Gasteiger partial charge is 0.462 e. The second kappa shape index (κ2) is 14.5. The zero-order valence-electron chi connectivity index (χ0n) is 24.9. The van der Waals surface area contributed by atoms with Gasteiger partial charge in [-0.1, -0.05) is 48.5 Å². The summed E-state index contributed by atoms with van der Waals surface area (Å²) in [6.45, 7) is 4.40. The van der Waals surface area contributed by atoms with Crippen molar-refractivity contribution in [1.29, 1.82) is 0 Å². The van der Waals surface area contributed by atoms with Crippen LogP contribution in [0.3, 0.4) is 0 Å². The molecule has 0 aliphatic carbocycles. The number of esters is 1. The van der Waals surface area contributed by atoms with Gasteiger partial charge in [0.05, 0.1) is 12.2 Å². The second-order valence-corrected chi connectivity index (χ2v) is 11.3. The molecule has 46 heavy (non-hydrogen) atoms. The fraction of sp³-hybridized carbons (Fsp3) is 0.222. The van der Waals surface area contributed by atoms with Crippen LogP contribution < -0.4 is 16.2 Å². The topological polar surface area (TPSA) is 87.6 Å². The van der Waals surface area contributed by atoms with E-state index in [1.54, 1.807) is 24.3 Å².